The van der Waals surface area contributed by atoms with E-state index in [1.807, 2.05) is 49.1 Å². The molecule has 0 saturated carbocycles. The van der Waals surface area contributed by atoms with Crippen molar-refractivity contribution in [3.8, 4) is 0 Å². The van der Waals surface area contributed by atoms with Crippen LogP contribution in [-0.4, -0.2) is 59.2 Å². The zero-order valence-electron chi connectivity index (χ0n) is 15.1. The summed E-state index contributed by atoms with van der Waals surface area (Å²) in [6.45, 7) is 6.31. The zero-order valence-corrected chi connectivity index (χ0v) is 15.1. The third-order valence-corrected chi connectivity index (χ3v) is 4.54. The van der Waals surface area contributed by atoms with Gasteiger partial charge in [0, 0.05) is 25.7 Å². The molecule has 25 heavy (non-hydrogen) atoms. The summed E-state index contributed by atoms with van der Waals surface area (Å²) in [5.41, 5.74) is 0.969. The Morgan fingerprint density at radius 2 is 2.04 bits per heavy atom. The van der Waals surface area contributed by atoms with Crippen molar-refractivity contribution in [2.45, 2.75) is 39.3 Å². The molecule has 0 spiro atoms. The molecule has 0 aromatic heterocycles. The van der Waals surface area contributed by atoms with Gasteiger partial charge in [-0.05, 0) is 38.2 Å². The van der Waals surface area contributed by atoms with Crippen LogP contribution in [0.3, 0.4) is 0 Å². The van der Waals surface area contributed by atoms with Crippen LogP contribution in [0.1, 0.15) is 32.3 Å². The summed E-state index contributed by atoms with van der Waals surface area (Å²) in [6, 6.07) is 9.79. The van der Waals surface area contributed by atoms with Gasteiger partial charge in [0.1, 0.15) is 6.61 Å². The van der Waals surface area contributed by atoms with E-state index in [1.54, 1.807) is 4.90 Å². The number of carboxylic acid groups (broad SMARTS) is 1. The number of likely N-dealkylation sites (tertiary alicyclic amines) is 1. The van der Waals surface area contributed by atoms with Crippen LogP contribution in [0.4, 0.5) is 4.79 Å². The van der Waals surface area contributed by atoms with E-state index in [0.29, 0.717) is 19.6 Å². The first kappa shape index (κ1) is 19.2. The van der Waals surface area contributed by atoms with Gasteiger partial charge < -0.3 is 14.7 Å². The first-order valence-corrected chi connectivity index (χ1v) is 8.87. The highest BCUT2D eigenvalue weighted by Gasteiger charge is 2.27. The SMILES string of the molecule is CC(C)N(CC(=O)O)C[C@@H]1CCCN(C(=O)OCc2ccccc2)C1. The minimum Gasteiger partial charge on any atom is -0.480 e. The van der Waals surface area contributed by atoms with Crippen LogP contribution in [0.5, 0.6) is 0 Å². The van der Waals surface area contributed by atoms with Gasteiger partial charge in [-0.25, -0.2) is 4.79 Å². The second-order valence-electron chi connectivity index (χ2n) is 6.91. The normalized spacial score (nSPS) is 17.8. The van der Waals surface area contributed by atoms with Gasteiger partial charge in [-0.2, -0.15) is 0 Å². The van der Waals surface area contributed by atoms with Gasteiger partial charge in [-0.15, -0.1) is 0 Å². The molecule has 1 aromatic rings. The highest BCUT2D eigenvalue weighted by atomic mass is 16.6. The van der Waals surface area contributed by atoms with E-state index in [4.69, 9.17) is 9.84 Å². The number of aliphatic carboxylic acids is 1. The fraction of sp³-hybridized carbons (Fsp3) is 0.579. The summed E-state index contributed by atoms with van der Waals surface area (Å²) in [5.74, 6) is -0.539. The van der Waals surface area contributed by atoms with Crippen molar-refractivity contribution in [3.05, 3.63) is 35.9 Å². The molecule has 0 radical (unpaired) electrons. The quantitative estimate of drug-likeness (QED) is 0.820. The Bertz CT molecular complexity index is 562. The Labute approximate surface area is 149 Å². The molecule has 0 aliphatic carbocycles. The van der Waals surface area contributed by atoms with Crippen molar-refractivity contribution in [2.24, 2.45) is 5.92 Å². The van der Waals surface area contributed by atoms with Crippen LogP contribution in [0.15, 0.2) is 30.3 Å². The molecule has 1 amide bonds. The van der Waals surface area contributed by atoms with Crippen molar-refractivity contribution in [1.29, 1.82) is 0 Å². The Morgan fingerprint density at radius 1 is 1.32 bits per heavy atom. The number of benzene rings is 1. The monoisotopic (exact) mass is 348 g/mol. The molecule has 1 atom stereocenters. The maximum Gasteiger partial charge on any atom is 0.410 e. The molecule has 1 saturated heterocycles. The first-order valence-electron chi connectivity index (χ1n) is 8.87. The number of hydrogen-bond donors (Lipinski definition) is 1. The van der Waals surface area contributed by atoms with Gasteiger partial charge in [0.2, 0.25) is 0 Å². The number of piperidine rings is 1. The van der Waals surface area contributed by atoms with Crippen molar-refractivity contribution in [3.63, 3.8) is 0 Å². The van der Waals surface area contributed by atoms with Crippen LogP contribution >= 0.6 is 0 Å². The lowest BCUT2D eigenvalue weighted by Gasteiger charge is -2.36. The molecule has 6 heteroatoms. The Balaban J connectivity index is 1.84. The summed E-state index contributed by atoms with van der Waals surface area (Å²) in [5, 5.41) is 9.05. The molecule has 0 bridgehead atoms. The number of carbonyl (C=O) groups is 2. The van der Waals surface area contributed by atoms with Crippen LogP contribution in [0.25, 0.3) is 0 Å². The third kappa shape index (κ3) is 6.38. The Kier molecular flexibility index (Phi) is 7.25. The van der Waals surface area contributed by atoms with Crippen LogP contribution < -0.4 is 0 Å². The number of hydrogen-bond acceptors (Lipinski definition) is 4. The van der Waals surface area contributed by atoms with E-state index >= 15 is 0 Å². The lowest BCUT2D eigenvalue weighted by atomic mass is 9.97. The summed E-state index contributed by atoms with van der Waals surface area (Å²) >= 11 is 0. The van der Waals surface area contributed by atoms with Crippen molar-refractivity contribution in [1.82, 2.24) is 9.80 Å². The number of ether oxygens (including phenoxy) is 1. The van der Waals surface area contributed by atoms with Crippen LogP contribution in [0.2, 0.25) is 0 Å². The molecule has 1 aliphatic rings. The molecule has 1 aromatic carbocycles. The maximum atomic E-state index is 12.3. The van der Waals surface area contributed by atoms with E-state index < -0.39 is 5.97 Å². The predicted octanol–water partition coefficient (Wildman–Crippen LogP) is 2.83. The standard InChI is InChI=1S/C19H28N2O4/c1-15(2)21(13-18(22)23)12-17-9-6-10-20(11-17)19(24)25-14-16-7-4-3-5-8-16/h3-5,7-8,15,17H,6,9-14H2,1-2H3,(H,22,23)/t17-/m1/s1. The second kappa shape index (κ2) is 9.42. The number of nitrogens with zero attached hydrogens (tertiary/aromatic N) is 2. The smallest absolute Gasteiger partial charge is 0.410 e. The minimum absolute atomic E-state index is 0.0343. The number of rotatable bonds is 7. The van der Waals surface area contributed by atoms with E-state index in [0.717, 1.165) is 18.4 Å². The van der Waals surface area contributed by atoms with E-state index in [1.165, 1.54) is 0 Å². The third-order valence-electron chi connectivity index (χ3n) is 4.54. The molecular formula is C19H28N2O4. The van der Waals surface area contributed by atoms with Gasteiger partial charge in [-0.1, -0.05) is 30.3 Å². The van der Waals surface area contributed by atoms with Crippen molar-refractivity contribution >= 4 is 12.1 Å². The van der Waals surface area contributed by atoms with Gasteiger partial charge in [0.05, 0.1) is 6.54 Å². The molecule has 1 fully saturated rings. The molecule has 6 nitrogen and oxygen atoms in total. The summed E-state index contributed by atoms with van der Waals surface area (Å²) in [7, 11) is 0. The highest BCUT2D eigenvalue weighted by molar-refractivity contribution is 5.69. The first-order chi connectivity index (χ1) is 12.0. The average molecular weight is 348 g/mol. The van der Waals surface area contributed by atoms with Crippen LogP contribution in [0, 0.1) is 5.92 Å². The van der Waals surface area contributed by atoms with Crippen molar-refractivity contribution in [2.75, 3.05) is 26.2 Å². The van der Waals surface area contributed by atoms with E-state index in [9.17, 15) is 9.59 Å². The van der Waals surface area contributed by atoms with Gasteiger partial charge in [0.25, 0.3) is 0 Å². The lowest BCUT2D eigenvalue weighted by Crippen LogP contribution is -2.46. The Morgan fingerprint density at radius 3 is 2.68 bits per heavy atom. The fourth-order valence-corrected chi connectivity index (χ4v) is 3.15. The number of carboxylic acids is 1. The lowest BCUT2D eigenvalue weighted by molar-refractivity contribution is -0.139. The van der Waals surface area contributed by atoms with Crippen LogP contribution in [-0.2, 0) is 16.1 Å². The molecule has 1 heterocycles. The number of carbonyl (C=O) groups excluding carboxylic acids is 1. The van der Waals surface area contributed by atoms with E-state index in [2.05, 4.69) is 0 Å². The van der Waals surface area contributed by atoms with Crippen molar-refractivity contribution < 1.29 is 19.4 Å². The van der Waals surface area contributed by atoms with Gasteiger partial charge >= 0.3 is 12.1 Å². The Hall–Kier alpha value is -2.08. The highest BCUT2D eigenvalue weighted by Crippen LogP contribution is 2.19. The minimum atomic E-state index is -0.816. The van der Waals surface area contributed by atoms with Gasteiger partial charge in [-0.3, -0.25) is 9.69 Å². The van der Waals surface area contributed by atoms with Gasteiger partial charge in [0.15, 0.2) is 0 Å². The molecule has 0 unspecified atom stereocenters. The summed E-state index contributed by atoms with van der Waals surface area (Å²) < 4.78 is 5.41. The fourth-order valence-electron chi connectivity index (χ4n) is 3.15. The predicted molar refractivity (Wildman–Crippen MR) is 95.3 cm³/mol. The largest absolute Gasteiger partial charge is 0.480 e. The maximum absolute atomic E-state index is 12.3. The average Bonchev–Trinajstić information content (AvgIpc) is 2.60. The molecule has 1 N–H and O–H groups in total. The van der Waals surface area contributed by atoms with E-state index in [-0.39, 0.29) is 31.2 Å². The molecule has 138 valence electrons. The summed E-state index contributed by atoms with van der Waals surface area (Å²) in [6.07, 6.45) is 1.64. The molecule has 1 aliphatic heterocycles. The molecule has 2 rings (SSSR count). The molecular weight excluding hydrogens is 320 g/mol. The topological polar surface area (TPSA) is 70.1 Å². The number of amides is 1. The zero-order chi connectivity index (χ0) is 18.2. The summed E-state index contributed by atoms with van der Waals surface area (Å²) in [4.78, 5) is 27.0. The second-order valence-corrected chi connectivity index (χ2v) is 6.91.